The summed E-state index contributed by atoms with van der Waals surface area (Å²) in [5, 5.41) is 1.92. The fraction of sp³-hybridized carbons (Fsp3) is 0.455. The smallest absolute Gasteiger partial charge is 0.394 e. The molecule has 0 radical (unpaired) electrons. The first-order valence-electron chi connectivity index (χ1n) is 9.94. The molecular weight excluding hydrogens is 352 g/mol. The van der Waals surface area contributed by atoms with E-state index in [0.717, 1.165) is 28.1 Å². The summed E-state index contributed by atoms with van der Waals surface area (Å²) in [6, 6.07) is 20.2. The Labute approximate surface area is 159 Å². The molecule has 1 N–H and O–H groups in total. The summed E-state index contributed by atoms with van der Waals surface area (Å²) in [5.74, 6) is 2.50. The molecule has 26 heavy (non-hydrogen) atoms. The number of hydrogen-bond acceptors (Lipinski definition) is 2. The average Bonchev–Trinajstić information content (AvgIpc) is 3.23. The van der Waals surface area contributed by atoms with Crippen molar-refractivity contribution in [1.29, 1.82) is 0 Å². The maximum atomic E-state index is 11.9. The molecule has 2 saturated carbocycles. The number of benzene rings is 2. The lowest BCUT2D eigenvalue weighted by molar-refractivity contribution is 0.320. The van der Waals surface area contributed by atoms with Crippen LogP contribution in [-0.4, -0.2) is 21.7 Å². The number of rotatable bonds is 5. The maximum absolute atomic E-state index is 11.9. The maximum Gasteiger partial charge on any atom is 0.394 e. The highest BCUT2D eigenvalue weighted by molar-refractivity contribution is 6.97. The highest BCUT2D eigenvalue weighted by Gasteiger charge is 2.54. The lowest BCUT2D eigenvalue weighted by Crippen LogP contribution is -2.66. The first kappa shape index (κ1) is 18.2. The van der Waals surface area contributed by atoms with Crippen LogP contribution < -0.4 is 10.4 Å². The molecule has 0 aromatic heterocycles. The summed E-state index contributed by atoms with van der Waals surface area (Å²) in [5.41, 5.74) is 0.669. The summed E-state index contributed by atoms with van der Waals surface area (Å²) in [4.78, 5) is 11.9. The number of hydrogen-bond donors (Lipinski definition) is 1. The molecule has 2 bridgehead atoms. The zero-order valence-corrected chi connectivity index (χ0v) is 18.1. The van der Waals surface area contributed by atoms with Gasteiger partial charge in [0, 0.05) is 0 Å². The van der Waals surface area contributed by atoms with Gasteiger partial charge >= 0.3 is 8.56 Å². The Balaban J connectivity index is 1.69. The summed E-state index contributed by atoms with van der Waals surface area (Å²) in [6.07, 6.45) is 4.08. The minimum Gasteiger partial charge on any atom is -0.429 e. The second-order valence-corrected chi connectivity index (χ2v) is 16.1. The third-order valence-electron chi connectivity index (χ3n) is 6.78. The van der Waals surface area contributed by atoms with E-state index < -0.39 is 16.9 Å². The van der Waals surface area contributed by atoms with Crippen molar-refractivity contribution in [1.82, 2.24) is 0 Å². The molecule has 4 heteroatoms. The molecule has 2 aliphatic carbocycles. The highest BCUT2D eigenvalue weighted by Crippen LogP contribution is 2.58. The molecule has 2 aromatic rings. The van der Waals surface area contributed by atoms with E-state index in [1.54, 1.807) is 0 Å². The van der Waals surface area contributed by atoms with Crippen LogP contribution in [0.5, 0.6) is 0 Å². The van der Waals surface area contributed by atoms with Gasteiger partial charge in [0.2, 0.25) is 0 Å². The third-order valence-corrected chi connectivity index (χ3v) is 14.7. The van der Waals surface area contributed by atoms with Gasteiger partial charge in [-0.1, -0.05) is 67.6 Å². The van der Waals surface area contributed by atoms with Crippen molar-refractivity contribution in [2.45, 2.75) is 44.8 Å². The van der Waals surface area contributed by atoms with E-state index in [2.05, 4.69) is 20.0 Å². The Morgan fingerprint density at radius 1 is 0.846 bits per heavy atom. The van der Waals surface area contributed by atoms with Gasteiger partial charge in [0.1, 0.15) is 0 Å². The van der Waals surface area contributed by atoms with E-state index in [0.29, 0.717) is 5.54 Å². The molecule has 0 saturated heterocycles. The molecule has 0 heterocycles. The molecule has 4 rings (SSSR count). The summed E-state index contributed by atoms with van der Waals surface area (Å²) >= 11 is 0. The van der Waals surface area contributed by atoms with Crippen molar-refractivity contribution in [2.24, 2.45) is 17.8 Å². The van der Waals surface area contributed by atoms with Crippen molar-refractivity contribution in [2.75, 3.05) is 0 Å². The molecule has 2 nitrogen and oxygen atoms in total. The van der Waals surface area contributed by atoms with E-state index in [9.17, 15) is 4.80 Å². The van der Waals surface area contributed by atoms with Gasteiger partial charge in [-0.2, -0.15) is 0 Å². The van der Waals surface area contributed by atoms with Crippen LogP contribution in [0.2, 0.25) is 18.6 Å². The fourth-order valence-electron chi connectivity index (χ4n) is 5.57. The van der Waals surface area contributed by atoms with Crippen LogP contribution in [0.3, 0.4) is 0 Å². The number of fused-ring (bicyclic) bond motifs is 2. The molecule has 138 valence electrons. The van der Waals surface area contributed by atoms with E-state index >= 15 is 0 Å². The van der Waals surface area contributed by atoms with Crippen LogP contribution in [0.15, 0.2) is 60.7 Å². The normalized spacial score (nSPS) is 28.5. The Bertz CT molecular complexity index is 708. The van der Waals surface area contributed by atoms with Crippen LogP contribution in [0.4, 0.5) is 0 Å². The molecule has 0 spiro atoms. The highest BCUT2D eigenvalue weighted by atomic mass is 28.4. The second-order valence-electron chi connectivity index (χ2n) is 8.90. The minimum absolute atomic E-state index is 0.669. The molecule has 4 atom stereocenters. The van der Waals surface area contributed by atoms with E-state index in [-0.39, 0.29) is 0 Å². The summed E-state index contributed by atoms with van der Waals surface area (Å²) in [6.45, 7) is 7.10. The van der Waals surface area contributed by atoms with Crippen molar-refractivity contribution in [3.8, 4) is 0 Å². The van der Waals surface area contributed by atoms with Crippen molar-refractivity contribution in [3.63, 3.8) is 0 Å². The molecule has 4 unspecified atom stereocenters. The van der Waals surface area contributed by atoms with Crippen LogP contribution in [0.1, 0.15) is 26.2 Å². The Kier molecular flexibility index (Phi) is 4.72. The fourth-order valence-corrected chi connectivity index (χ4v) is 14.2. The molecule has 0 aliphatic heterocycles. The average molecular weight is 383 g/mol. The summed E-state index contributed by atoms with van der Waals surface area (Å²) < 4.78 is 6.92. The van der Waals surface area contributed by atoms with Crippen LogP contribution in [0.25, 0.3) is 0 Å². The van der Waals surface area contributed by atoms with Gasteiger partial charge in [-0.05, 0) is 66.0 Å². The van der Waals surface area contributed by atoms with Gasteiger partial charge in [0.15, 0.2) is 8.32 Å². The first-order valence-corrected chi connectivity index (χ1v) is 14.8. The van der Waals surface area contributed by atoms with Crippen LogP contribution >= 0.6 is 0 Å². The zero-order chi connectivity index (χ0) is 18.4. The summed E-state index contributed by atoms with van der Waals surface area (Å²) in [7, 11) is -5.25. The van der Waals surface area contributed by atoms with Gasteiger partial charge in [-0.15, -0.1) is 0 Å². The van der Waals surface area contributed by atoms with Crippen LogP contribution in [-0.2, 0) is 4.12 Å². The lowest BCUT2D eigenvalue weighted by atomic mass is 9.90. The third kappa shape index (κ3) is 3.13. The lowest BCUT2D eigenvalue weighted by Gasteiger charge is -2.42. The van der Waals surface area contributed by atoms with Crippen molar-refractivity contribution < 1.29 is 8.91 Å². The topological polar surface area (TPSA) is 29.5 Å². The van der Waals surface area contributed by atoms with Gasteiger partial charge in [0.25, 0.3) is 0 Å². The molecular formula is C22H30O2Si2. The van der Waals surface area contributed by atoms with Crippen molar-refractivity contribution in [3.05, 3.63) is 60.7 Å². The standard InChI is InChI=1S/C22H30O2Si2/c1-17-14-18-15-21(17)22(16-18)25(2,3)24-26(23,19-10-6-4-7-11-19)20-12-8-5-9-13-20/h4-13,17-18,21-23H,14-16H2,1-3H3. The van der Waals surface area contributed by atoms with Gasteiger partial charge < -0.3 is 8.91 Å². The predicted molar refractivity (Wildman–Crippen MR) is 112 cm³/mol. The van der Waals surface area contributed by atoms with Crippen LogP contribution in [0, 0.1) is 17.8 Å². The van der Waals surface area contributed by atoms with Gasteiger partial charge in [-0.25, -0.2) is 0 Å². The largest absolute Gasteiger partial charge is 0.429 e. The van der Waals surface area contributed by atoms with Crippen molar-refractivity contribution >= 4 is 27.3 Å². The van der Waals surface area contributed by atoms with Gasteiger partial charge in [0.05, 0.1) is 0 Å². The van der Waals surface area contributed by atoms with Gasteiger partial charge in [-0.3, -0.25) is 0 Å². The first-order chi connectivity index (χ1) is 12.4. The van der Waals surface area contributed by atoms with E-state index in [1.165, 1.54) is 19.3 Å². The Morgan fingerprint density at radius 3 is 1.85 bits per heavy atom. The molecule has 0 amide bonds. The molecule has 2 aliphatic rings. The second kappa shape index (κ2) is 6.75. The van der Waals surface area contributed by atoms with E-state index in [1.807, 2.05) is 60.7 Å². The SMILES string of the molecule is CC1CC2CC1C([Si](C)(C)O[Si](O)(c1ccccc1)c1ccccc1)C2. The quantitative estimate of drug-likeness (QED) is 0.795. The monoisotopic (exact) mass is 382 g/mol. The Morgan fingerprint density at radius 2 is 1.38 bits per heavy atom. The zero-order valence-electron chi connectivity index (χ0n) is 16.1. The molecule has 2 aromatic carbocycles. The molecule has 2 fully saturated rings. The minimum atomic E-state index is -3.19. The predicted octanol–water partition coefficient (Wildman–Crippen LogP) is 3.89. The van der Waals surface area contributed by atoms with E-state index in [4.69, 9.17) is 4.12 Å². The Hall–Kier alpha value is -1.21.